The summed E-state index contributed by atoms with van der Waals surface area (Å²) in [5.41, 5.74) is 27.8. The number of para-hydroxylation sites is 8. The molecule has 0 atom stereocenters. The van der Waals surface area contributed by atoms with E-state index in [-0.39, 0.29) is 17.5 Å². The lowest BCUT2D eigenvalue weighted by molar-refractivity contribution is 0.591. The summed E-state index contributed by atoms with van der Waals surface area (Å²) >= 11 is 0. The molecule has 0 radical (unpaired) electrons. The van der Waals surface area contributed by atoms with E-state index in [9.17, 15) is 0 Å². The third-order valence-corrected chi connectivity index (χ3v) is 19.9. The van der Waals surface area contributed by atoms with Crippen LogP contribution >= 0.6 is 0 Å². The fourth-order valence-corrected chi connectivity index (χ4v) is 15.5. The van der Waals surface area contributed by atoms with E-state index in [1.54, 1.807) is 0 Å². The average molecular weight is 1180 g/mol. The van der Waals surface area contributed by atoms with Crippen LogP contribution in [0.4, 0.5) is 34.1 Å². The smallest absolute Gasteiger partial charge is 0.252 e. The van der Waals surface area contributed by atoms with E-state index in [1.165, 1.54) is 93.1 Å². The number of rotatable bonds is 7. The zero-order valence-corrected chi connectivity index (χ0v) is 52.5. The fourth-order valence-electron chi connectivity index (χ4n) is 15.5. The predicted molar refractivity (Wildman–Crippen MR) is 392 cm³/mol. The highest BCUT2D eigenvalue weighted by Crippen LogP contribution is 2.51. The summed E-state index contributed by atoms with van der Waals surface area (Å²) in [6, 6.07) is 110. The molecule has 0 bridgehead atoms. The maximum Gasteiger partial charge on any atom is 0.252 e. The molecule has 0 saturated carbocycles. The van der Waals surface area contributed by atoms with E-state index >= 15 is 0 Å². The van der Waals surface area contributed by atoms with Gasteiger partial charge in [0.1, 0.15) is 0 Å². The maximum absolute atomic E-state index is 2.64. The van der Waals surface area contributed by atoms with Crippen molar-refractivity contribution in [3.8, 4) is 39.3 Å². The van der Waals surface area contributed by atoms with Crippen LogP contribution in [0.5, 0.6) is 0 Å². The predicted octanol–water partition coefficient (Wildman–Crippen LogP) is 21.0. The summed E-state index contributed by atoms with van der Waals surface area (Å²) in [7, 11) is 0. The molecular weight excluding hydrogens is 1110 g/mol. The second-order valence-corrected chi connectivity index (χ2v) is 27.3. The Morgan fingerprint density at radius 3 is 0.957 bits per heavy atom. The van der Waals surface area contributed by atoms with Crippen LogP contribution in [0.3, 0.4) is 0 Å². The van der Waals surface area contributed by atoms with E-state index in [0.29, 0.717) is 0 Å². The third kappa shape index (κ3) is 8.12. The van der Waals surface area contributed by atoms with E-state index in [4.69, 9.17) is 0 Å². The van der Waals surface area contributed by atoms with Crippen LogP contribution < -0.4 is 26.2 Å². The van der Waals surface area contributed by atoms with Gasteiger partial charge in [-0.3, -0.25) is 0 Å². The van der Waals surface area contributed by atoms with E-state index in [1.807, 2.05) is 0 Å². The van der Waals surface area contributed by atoms with Gasteiger partial charge in [-0.1, -0.05) is 248 Å². The molecule has 0 fully saturated rings. The van der Waals surface area contributed by atoms with Crippen LogP contribution in [0.25, 0.3) is 105 Å². The van der Waals surface area contributed by atoms with Crippen LogP contribution in [0, 0.1) is 0 Å². The van der Waals surface area contributed by atoms with Gasteiger partial charge in [-0.2, -0.15) is 0 Å². The minimum Gasteiger partial charge on any atom is -0.309 e. The van der Waals surface area contributed by atoms with Crippen molar-refractivity contribution in [2.24, 2.45) is 0 Å². The van der Waals surface area contributed by atoms with Crippen molar-refractivity contribution in [2.75, 3.05) is 9.80 Å². The number of nitrogens with zero attached hydrogens (tertiary/aromatic N) is 5. The summed E-state index contributed by atoms with van der Waals surface area (Å²) in [5.74, 6) is 0. The Bertz CT molecular complexity index is 5240. The molecule has 438 valence electrons. The number of anilines is 6. The Morgan fingerprint density at radius 1 is 0.239 bits per heavy atom. The quantitative estimate of drug-likeness (QED) is 0.148. The molecule has 5 nitrogen and oxygen atoms in total. The molecule has 16 aromatic rings. The molecule has 92 heavy (non-hydrogen) atoms. The lowest BCUT2D eigenvalue weighted by Gasteiger charge is -2.45. The molecule has 6 heteroatoms. The molecule has 3 aromatic heterocycles. The van der Waals surface area contributed by atoms with Crippen LogP contribution in [-0.4, -0.2) is 20.4 Å². The lowest BCUT2D eigenvalue weighted by atomic mass is 9.33. The zero-order valence-electron chi connectivity index (χ0n) is 52.5. The second kappa shape index (κ2) is 20.2. The van der Waals surface area contributed by atoms with Crippen LogP contribution in [0.1, 0.15) is 52.7 Å². The first-order valence-electron chi connectivity index (χ1n) is 32.4. The number of benzene rings is 13. The Balaban J connectivity index is 1.03. The molecule has 0 N–H and O–H groups in total. The van der Waals surface area contributed by atoms with Crippen molar-refractivity contribution in [2.45, 2.75) is 52.4 Å². The number of hydrogen-bond donors (Lipinski definition) is 0. The minimum atomic E-state index is -0.210. The summed E-state index contributed by atoms with van der Waals surface area (Å²) in [5, 5.41) is 7.37. The summed E-state index contributed by atoms with van der Waals surface area (Å²) in [6.07, 6.45) is 0. The molecule has 18 rings (SSSR count). The molecule has 0 unspecified atom stereocenters. The normalized spacial score (nSPS) is 13.0. The fraction of sp³-hybridized carbons (Fsp3) is 0.0930. The molecule has 5 heterocycles. The molecule has 2 aliphatic heterocycles. The SMILES string of the molecule is CC(C)(C)c1ccc2c3ccc(C(C)(C)C)cc3n(-c3cc4c5c(c3)N(c3ccccc3-n3c6ccccc6c6ccccc63)c3ccc(-c6ccccc6)cc3B5c3cc(-c5ccccc5)ccc3N4c3ccccc3-n3c4ccccc4c4ccccc43)c2c1. The van der Waals surface area contributed by atoms with Crippen LogP contribution in [-0.2, 0) is 10.8 Å². The maximum atomic E-state index is 2.64. The second-order valence-electron chi connectivity index (χ2n) is 27.3. The Labute approximate surface area is 537 Å². The highest BCUT2D eigenvalue weighted by molar-refractivity contribution is 7.00. The highest BCUT2D eigenvalue weighted by atomic mass is 15.2. The Kier molecular flexibility index (Phi) is 11.8. The van der Waals surface area contributed by atoms with Gasteiger partial charge < -0.3 is 23.5 Å². The summed E-state index contributed by atoms with van der Waals surface area (Å²) in [6.45, 7) is 13.8. The van der Waals surface area contributed by atoms with Gasteiger partial charge in [0.25, 0.3) is 6.71 Å². The van der Waals surface area contributed by atoms with Crippen molar-refractivity contribution in [3.05, 3.63) is 302 Å². The van der Waals surface area contributed by atoms with Gasteiger partial charge in [0.2, 0.25) is 0 Å². The molecule has 0 saturated heterocycles. The van der Waals surface area contributed by atoms with Gasteiger partial charge in [0, 0.05) is 55.1 Å². The van der Waals surface area contributed by atoms with Crippen molar-refractivity contribution in [3.63, 3.8) is 0 Å². The zero-order chi connectivity index (χ0) is 61.7. The minimum absolute atomic E-state index is 0.105. The summed E-state index contributed by atoms with van der Waals surface area (Å²) in [4.78, 5) is 5.28. The van der Waals surface area contributed by atoms with Crippen molar-refractivity contribution >= 4 is 123 Å². The van der Waals surface area contributed by atoms with Gasteiger partial charge in [-0.05, 0) is 146 Å². The first-order chi connectivity index (χ1) is 44.9. The lowest BCUT2D eigenvalue weighted by Crippen LogP contribution is -2.61. The first kappa shape index (κ1) is 53.9. The molecular formula is C86H66BN5. The number of aromatic nitrogens is 3. The Hall–Kier alpha value is -11.1. The Morgan fingerprint density at radius 2 is 0.576 bits per heavy atom. The van der Waals surface area contributed by atoms with Gasteiger partial charge in [0.05, 0.1) is 61.5 Å². The van der Waals surface area contributed by atoms with Crippen molar-refractivity contribution in [1.82, 2.24) is 13.7 Å². The van der Waals surface area contributed by atoms with Crippen LogP contribution in [0.15, 0.2) is 291 Å². The molecule has 0 spiro atoms. The topological polar surface area (TPSA) is 21.3 Å². The first-order valence-corrected chi connectivity index (χ1v) is 32.4. The van der Waals surface area contributed by atoms with E-state index < -0.39 is 0 Å². The van der Waals surface area contributed by atoms with Crippen LogP contribution in [0.2, 0.25) is 0 Å². The summed E-state index contributed by atoms with van der Waals surface area (Å²) < 4.78 is 7.62. The molecule has 0 aliphatic carbocycles. The highest BCUT2D eigenvalue weighted by Gasteiger charge is 2.45. The van der Waals surface area contributed by atoms with Gasteiger partial charge in [0.15, 0.2) is 0 Å². The van der Waals surface area contributed by atoms with Crippen molar-refractivity contribution in [1.29, 1.82) is 0 Å². The molecule has 0 amide bonds. The number of hydrogen-bond acceptors (Lipinski definition) is 2. The van der Waals surface area contributed by atoms with Crippen molar-refractivity contribution < 1.29 is 0 Å². The van der Waals surface area contributed by atoms with E-state index in [2.05, 4.69) is 356 Å². The third-order valence-electron chi connectivity index (χ3n) is 19.9. The average Bonchev–Trinajstić information content (AvgIpc) is 0.846. The molecule has 2 aliphatic rings. The standard InChI is InChI=1S/C86H66BN5/c1-85(2,3)59-43-45-66-67-46-44-60(86(4,5)6)52-81(67)88(80(66)51-59)61-53-82-84-83(54-61)92(79-40-24-22-38-77(79)90-72-35-19-15-31-64(72)65-32-16-20-36-73(65)90)75-48-42-58(56-27-11-8-12-28-56)50-69(75)87(84)68-49-57(55-25-9-7-10-26-55)41-47-74(68)91(82)78-39-23-21-37-76(78)89-70-33-17-13-29-62(70)63-30-14-18-34-71(63)89/h7-54H,1-6H3. The van der Waals surface area contributed by atoms with E-state index in [0.717, 1.165) is 73.3 Å². The van der Waals surface area contributed by atoms with Gasteiger partial charge in [-0.25, -0.2) is 0 Å². The van der Waals surface area contributed by atoms with Gasteiger partial charge in [-0.15, -0.1) is 0 Å². The number of fused-ring (bicyclic) bond motifs is 13. The van der Waals surface area contributed by atoms with Gasteiger partial charge >= 0.3 is 0 Å². The largest absolute Gasteiger partial charge is 0.309 e. The monoisotopic (exact) mass is 1180 g/mol. The molecule has 13 aromatic carbocycles.